The highest BCUT2D eigenvalue weighted by atomic mass is 31.1. The molecule has 0 aromatic carbocycles. The number of hydrogen-bond acceptors (Lipinski definition) is 0. The van der Waals surface area contributed by atoms with E-state index in [9.17, 15) is 0 Å². The highest BCUT2D eigenvalue weighted by molar-refractivity contribution is 7.63. The van der Waals surface area contributed by atoms with Gasteiger partial charge in [0.1, 0.15) is 0 Å². The third-order valence-electron chi connectivity index (χ3n) is 4.89. The summed E-state index contributed by atoms with van der Waals surface area (Å²) in [7, 11) is 0.789. The molecule has 0 aromatic rings. The van der Waals surface area contributed by atoms with Crippen LogP contribution in [0.5, 0.6) is 0 Å². The Labute approximate surface area is 104 Å². The monoisotopic (exact) mass is 258 g/mol. The second kappa shape index (κ2) is 5.67. The van der Waals surface area contributed by atoms with Crippen molar-refractivity contribution in [3.05, 3.63) is 0 Å². The minimum absolute atomic E-state index is 0.394. The topological polar surface area (TPSA) is 0 Å². The Balaban J connectivity index is 1.82. The Hall–Kier alpha value is 0.860. The van der Waals surface area contributed by atoms with E-state index in [1.54, 1.807) is 12.3 Å². The fourth-order valence-corrected chi connectivity index (χ4v) is 10.9. The van der Waals surface area contributed by atoms with Gasteiger partial charge in [-0.05, 0) is 60.6 Å². The van der Waals surface area contributed by atoms with Crippen LogP contribution in [0.3, 0.4) is 0 Å². The van der Waals surface area contributed by atoms with Gasteiger partial charge in [0.25, 0.3) is 0 Å². The molecule has 2 aliphatic rings. The maximum absolute atomic E-state index is 2.52. The summed E-state index contributed by atoms with van der Waals surface area (Å²) < 4.78 is 0. The molecule has 94 valence electrons. The average molecular weight is 258 g/mol. The molecule has 0 aromatic heterocycles. The summed E-state index contributed by atoms with van der Waals surface area (Å²) in [5.74, 6) is 0. The summed E-state index contributed by atoms with van der Waals surface area (Å²) in [5, 5.41) is 0. The molecule has 2 saturated heterocycles. The molecule has 2 heteroatoms. The van der Waals surface area contributed by atoms with Crippen LogP contribution in [0.1, 0.15) is 53.4 Å². The van der Waals surface area contributed by atoms with Crippen LogP contribution >= 0.6 is 15.8 Å². The fraction of sp³-hybridized carbons (Fsp3) is 1.00. The summed E-state index contributed by atoms with van der Waals surface area (Å²) in [5.41, 5.74) is 4.31. The molecular formula is C14H28P2. The number of hydrogen-bond donors (Lipinski definition) is 0. The molecule has 0 N–H and O–H groups in total. The second-order valence-electron chi connectivity index (χ2n) is 6.03. The molecule has 0 radical (unpaired) electrons. The summed E-state index contributed by atoms with van der Waals surface area (Å²) in [4.78, 5) is 0. The lowest BCUT2D eigenvalue weighted by atomic mass is 10.2. The van der Waals surface area contributed by atoms with E-state index in [0.29, 0.717) is 15.8 Å². The molecule has 0 amide bonds. The molecule has 5 atom stereocenters. The molecule has 2 fully saturated rings. The summed E-state index contributed by atoms with van der Waals surface area (Å²) in [6.07, 6.45) is 9.31. The zero-order chi connectivity index (χ0) is 11.7. The quantitative estimate of drug-likeness (QED) is 0.618. The zero-order valence-corrected chi connectivity index (χ0v) is 13.2. The van der Waals surface area contributed by atoms with Gasteiger partial charge in [-0.25, -0.2) is 0 Å². The van der Waals surface area contributed by atoms with Crippen LogP contribution < -0.4 is 0 Å². The van der Waals surface area contributed by atoms with Crippen molar-refractivity contribution < 1.29 is 0 Å². The maximum atomic E-state index is 2.52. The zero-order valence-electron chi connectivity index (χ0n) is 11.4. The van der Waals surface area contributed by atoms with Crippen LogP contribution in [-0.2, 0) is 0 Å². The number of rotatable bonds is 3. The van der Waals surface area contributed by atoms with Gasteiger partial charge in [-0.1, -0.05) is 27.7 Å². The predicted octanol–water partition coefficient (Wildman–Crippen LogP) is 5.09. The highest BCUT2D eigenvalue weighted by Gasteiger charge is 2.33. The van der Waals surface area contributed by atoms with Gasteiger partial charge >= 0.3 is 0 Å². The minimum atomic E-state index is 0.394. The molecule has 0 aliphatic carbocycles. The van der Waals surface area contributed by atoms with Gasteiger partial charge in [0.15, 0.2) is 0 Å². The first kappa shape index (κ1) is 13.3. The van der Waals surface area contributed by atoms with E-state index in [2.05, 4.69) is 27.7 Å². The van der Waals surface area contributed by atoms with Gasteiger partial charge in [0.2, 0.25) is 0 Å². The van der Waals surface area contributed by atoms with E-state index < -0.39 is 0 Å². The van der Waals surface area contributed by atoms with Crippen LogP contribution in [0.25, 0.3) is 0 Å². The maximum Gasteiger partial charge on any atom is -0.0235 e. The van der Waals surface area contributed by atoms with Crippen molar-refractivity contribution in [2.45, 2.75) is 76.0 Å². The van der Waals surface area contributed by atoms with Crippen LogP contribution in [-0.4, -0.2) is 35.0 Å². The van der Waals surface area contributed by atoms with E-state index in [0.717, 1.165) is 22.6 Å². The molecule has 0 saturated carbocycles. The van der Waals surface area contributed by atoms with Gasteiger partial charge in [-0.15, -0.1) is 15.8 Å². The molecule has 0 bridgehead atoms. The minimum Gasteiger partial charge on any atom is -0.101 e. The SMILES string of the molecule is C[C@@H]1CC[C@@H](C)P1CCP1[C@H](C)CC[C@@H]1C. The Morgan fingerprint density at radius 3 is 1.12 bits per heavy atom. The fourth-order valence-electron chi connectivity index (χ4n) is 3.61. The molecular weight excluding hydrogens is 230 g/mol. The van der Waals surface area contributed by atoms with Crippen molar-refractivity contribution in [1.82, 2.24) is 0 Å². The molecule has 16 heavy (non-hydrogen) atoms. The smallest absolute Gasteiger partial charge is 0.0235 e. The van der Waals surface area contributed by atoms with Gasteiger partial charge < -0.3 is 0 Å². The normalized spacial score (nSPS) is 45.4. The lowest BCUT2D eigenvalue weighted by Gasteiger charge is -2.26. The van der Waals surface area contributed by atoms with Crippen molar-refractivity contribution in [3.8, 4) is 0 Å². The molecule has 0 nitrogen and oxygen atoms in total. The third-order valence-corrected chi connectivity index (χ3v) is 12.3. The van der Waals surface area contributed by atoms with E-state index in [-0.39, 0.29) is 0 Å². The first-order valence-electron chi connectivity index (χ1n) is 7.11. The van der Waals surface area contributed by atoms with Crippen molar-refractivity contribution in [1.29, 1.82) is 0 Å². The van der Waals surface area contributed by atoms with E-state index >= 15 is 0 Å². The first-order chi connectivity index (χ1) is 7.59. The molecule has 2 aliphatic heterocycles. The second-order valence-corrected chi connectivity index (χ2v) is 12.5. The van der Waals surface area contributed by atoms with E-state index in [1.165, 1.54) is 25.7 Å². The largest absolute Gasteiger partial charge is 0.101 e. The van der Waals surface area contributed by atoms with Crippen molar-refractivity contribution in [3.63, 3.8) is 0 Å². The van der Waals surface area contributed by atoms with Crippen molar-refractivity contribution in [2.24, 2.45) is 0 Å². The van der Waals surface area contributed by atoms with Crippen LogP contribution in [0.2, 0.25) is 0 Å². The van der Waals surface area contributed by atoms with Gasteiger partial charge in [0, 0.05) is 0 Å². The third kappa shape index (κ3) is 2.81. The lowest BCUT2D eigenvalue weighted by Crippen LogP contribution is -2.08. The summed E-state index contributed by atoms with van der Waals surface area (Å²) in [6.45, 7) is 10.1. The molecule has 2 rings (SSSR count). The summed E-state index contributed by atoms with van der Waals surface area (Å²) >= 11 is 0. The van der Waals surface area contributed by atoms with E-state index in [1.807, 2.05) is 0 Å². The molecule has 2 heterocycles. The van der Waals surface area contributed by atoms with Crippen molar-refractivity contribution in [2.75, 3.05) is 12.3 Å². The molecule has 0 spiro atoms. The Morgan fingerprint density at radius 2 is 0.875 bits per heavy atom. The highest BCUT2D eigenvalue weighted by Crippen LogP contribution is 2.60. The lowest BCUT2D eigenvalue weighted by molar-refractivity contribution is 0.777. The Bertz CT molecular complexity index is 185. The Kier molecular flexibility index (Phi) is 4.71. The Morgan fingerprint density at radius 1 is 0.625 bits per heavy atom. The predicted molar refractivity (Wildman–Crippen MR) is 79.9 cm³/mol. The summed E-state index contributed by atoms with van der Waals surface area (Å²) in [6, 6.07) is 0. The van der Waals surface area contributed by atoms with Crippen LogP contribution in [0.15, 0.2) is 0 Å². The van der Waals surface area contributed by atoms with Crippen LogP contribution in [0.4, 0.5) is 0 Å². The molecule has 1 unspecified atom stereocenters. The van der Waals surface area contributed by atoms with Crippen LogP contribution in [0, 0.1) is 0 Å². The van der Waals surface area contributed by atoms with Gasteiger partial charge in [0.05, 0.1) is 0 Å². The van der Waals surface area contributed by atoms with Crippen molar-refractivity contribution >= 4 is 15.8 Å². The van der Waals surface area contributed by atoms with Gasteiger partial charge in [-0.3, -0.25) is 0 Å². The van der Waals surface area contributed by atoms with E-state index in [4.69, 9.17) is 0 Å². The standard InChI is InChI=1S/C14H28P2/c1-11-5-6-12(2)15(11)9-10-16-13(3)7-8-14(16)4/h11-14H,5-10H2,1-4H3/t11-,12-,13-,14+,16?/m1/s1. The van der Waals surface area contributed by atoms with Gasteiger partial charge in [-0.2, -0.15) is 0 Å². The first-order valence-corrected chi connectivity index (χ1v) is 10.4. The average Bonchev–Trinajstić information content (AvgIpc) is 2.72.